The molecule has 3 nitrogen and oxygen atoms in total. The van der Waals surface area contributed by atoms with Crippen molar-refractivity contribution in [1.82, 2.24) is 0 Å². The molecular formula is C31H37NO2. The monoisotopic (exact) mass is 455 g/mol. The van der Waals surface area contributed by atoms with Crippen molar-refractivity contribution in [2.45, 2.75) is 65.7 Å². The second kappa shape index (κ2) is 11.8. The maximum absolute atomic E-state index is 13.4. The molecule has 3 heteroatoms. The molecule has 0 saturated carbocycles. The minimum atomic E-state index is -0.249. The Hall–Kier alpha value is -3.20. The first-order valence-corrected chi connectivity index (χ1v) is 12.3. The van der Waals surface area contributed by atoms with Crippen molar-refractivity contribution in [3.8, 4) is 0 Å². The summed E-state index contributed by atoms with van der Waals surface area (Å²) in [6.45, 7) is 10.5. The van der Waals surface area contributed by atoms with E-state index in [1.165, 1.54) is 5.56 Å². The van der Waals surface area contributed by atoms with E-state index in [0.717, 1.165) is 27.9 Å². The molecule has 0 aliphatic heterocycles. The summed E-state index contributed by atoms with van der Waals surface area (Å²) < 4.78 is 0. The Morgan fingerprint density at radius 2 is 1.24 bits per heavy atom. The second-order valence-electron chi connectivity index (χ2n) is 9.89. The third-order valence-electron chi connectivity index (χ3n) is 6.36. The van der Waals surface area contributed by atoms with Crippen LogP contribution in [-0.2, 0) is 22.4 Å². The van der Waals surface area contributed by atoms with Gasteiger partial charge in [-0.05, 0) is 53.9 Å². The van der Waals surface area contributed by atoms with E-state index in [-0.39, 0.29) is 35.9 Å². The highest BCUT2D eigenvalue weighted by atomic mass is 16.2. The Bertz CT molecular complexity index is 1070. The number of benzene rings is 3. The van der Waals surface area contributed by atoms with Crippen molar-refractivity contribution < 1.29 is 9.59 Å². The molecule has 0 bridgehead atoms. The lowest BCUT2D eigenvalue weighted by molar-refractivity contribution is -0.128. The first-order valence-electron chi connectivity index (χ1n) is 12.3. The standard InChI is InChI=1S/C31H37NO2/c1-21(2)27-12-9-13-28(22(3)4)31(27)32-30(34)20-29(33)26(18-24-10-7-6-8-11-24)19-25-16-14-23(5)15-17-25/h6-17,21-22,26H,18-20H2,1-5H3,(H,32,34). The predicted molar refractivity (Wildman–Crippen MR) is 141 cm³/mol. The van der Waals surface area contributed by atoms with Crippen LogP contribution in [0.4, 0.5) is 5.69 Å². The number of carbonyl (C=O) groups excluding carboxylic acids is 2. The SMILES string of the molecule is Cc1ccc(CC(Cc2ccccc2)C(=O)CC(=O)Nc2c(C(C)C)cccc2C(C)C)cc1. The van der Waals surface area contributed by atoms with Crippen LogP contribution in [0.2, 0.25) is 0 Å². The van der Waals surface area contributed by atoms with Crippen molar-refractivity contribution in [1.29, 1.82) is 0 Å². The number of hydrogen-bond acceptors (Lipinski definition) is 2. The Morgan fingerprint density at radius 3 is 1.76 bits per heavy atom. The molecule has 0 heterocycles. The van der Waals surface area contributed by atoms with E-state index >= 15 is 0 Å². The van der Waals surface area contributed by atoms with Crippen molar-refractivity contribution in [3.63, 3.8) is 0 Å². The summed E-state index contributed by atoms with van der Waals surface area (Å²) in [4.78, 5) is 26.5. The number of para-hydroxylation sites is 1. The van der Waals surface area contributed by atoms with Crippen LogP contribution < -0.4 is 5.32 Å². The average molecular weight is 456 g/mol. The first-order chi connectivity index (χ1) is 16.2. The third kappa shape index (κ3) is 6.90. The van der Waals surface area contributed by atoms with E-state index in [4.69, 9.17) is 0 Å². The van der Waals surface area contributed by atoms with Crippen molar-refractivity contribution in [3.05, 3.63) is 101 Å². The summed E-state index contributed by atoms with van der Waals surface area (Å²) >= 11 is 0. The van der Waals surface area contributed by atoms with Crippen molar-refractivity contribution in [2.24, 2.45) is 5.92 Å². The number of carbonyl (C=O) groups is 2. The van der Waals surface area contributed by atoms with E-state index in [1.807, 2.05) is 36.4 Å². The van der Waals surface area contributed by atoms with Gasteiger partial charge in [0.25, 0.3) is 0 Å². The van der Waals surface area contributed by atoms with Crippen LogP contribution in [-0.4, -0.2) is 11.7 Å². The van der Waals surface area contributed by atoms with Crippen LogP contribution in [0.3, 0.4) is 0 Å². The van der Waals surface area contributed by atoms with Gasteiger partial charge in [0, 0.05) is 11.6 Å². The maximum Gasteiger partial charge on any atom is 0.231 e. The summed E-state index contributed by atoms with van der Waals surface area (Å²) in [5.74, 6) is 0.0481. The molecule has 34 heavy (non-hydrogen) atoms. The van der Waals surface area contributed by atoms with Crippen LogP contribution in [0.25, 0.3) is 0 Å². The van der Waals surface area contributed by atoms with Crippen molar-refractivity contribution >= 4 is 17.4 Å². The van der Waals surface area contributed by atoms with Gasteiger partial charge in [0.1, 0.15) is 5.78 Å². The zero-order chi connectivity index (χ0) is 24.7. The number of rotatable bonds is 10. The van der Waals surface area contributed by atoms with Gasteiger partial charge in [0.15, 0.2) is 0 Å². The van der Waals surface area contributed by atoms with Gasteiger partial charge in [-0.3, -0.25) is 9.59 Å². The minimum absolute atomic E-state index is 0.0185. The highest BCUT2D eigenvalue weighted by Gasteiger charge is 2.24. The summed E-state index contributed by atoms with van der Waals surface area (Å²) in [5.41, 5.74) is 6.50. The lowest BCUT2D eigenvalue weighted by Crippen LogP contribution is -2.26. The smallest absolute Gasteiger partial charge is 0.231 e. The molecule has 1 N–H and O–H groups in total. The molecule has 0 fully saturated rings. The molecule has 0 aromatic heterocycles. The van der Waals surface area contributed by atoms with Crippen LogP contribution in [0.15, 0.2) is 72.8 Å². The number of nitrogens with one attached hydrogen (secondary N) is 1. The van der Waals surface area contributed by atoms with Gasteiger partial charge < -0.3 is 5.32 Å². The Balaban J connectivity index is 1.79. The molecular weight excluding hydrogens is 418 g/mol. The molecule has 0 aliphatic carbocycles. The minimum Gasteiger partial charge on any atom is -0.325 e. The maximum atomic E-state index is 13.4. The third-order valence-corrected chi connectivity index (χ3v) is 6.36. The summed E-state index contributed by atoms with van der Waals surface area (Å²) in [7, 11) is 0. The van der Waals surface area contributed by atoms with Gasteiger partial charge in [-0.25, -0.2) is 0 Å². The fraction of sp³-hybridized carbons (Fsp3) is 0.355. The zero-order valence-electron chi connectivity index (χ0n) is 21.1. The van der Waals surface area contributed by atoms with Gasteiger partial charge in [0.05, 0.1) is 6.42 Å². The van der Waals surface area contributed by atoms with Crippen molar-refractivity contribution in [2.75, 3.05) is 5.32 Å². The Morgan fingerprint density at radius 1 is 0.706 bits per heavy atom. The fourth-order valence-corrected chi connectivity index (χ4v) is 4.39. The molecule has 3 aromatic rings. The largest absolute Gasteiger partial charge is 0.325 e. The highest BCUT2D eigenvalue weighted by Crippen LogP contribution is 2.32. The highest BCUT2D eigenvalue weighted by molar-refractivity contribution is 6.05. The molecule has 0 spiro atoms. The van der Waals surface area contributed by atoms with E-state index in [2.05, 4.69) is 76.3 Å². The Labute approximate surface area is 204 Å². The zero-order valence-corrected chi connectivity index (χ0v) is 21.1. The number of ketones is 1. The number of hydrogen-bond donors (Lipinski definition) is 1. The number of amides is 1. The van der Waals surface area contributed by atoms with Gasteiger partial charge in [-0.1, -0.05) is 106 Å². The fourth-order valence-electron chi connectivity index (χ4n) is 4.39. The number of aryl methyl sites for hydroxylation is 1. The number of Topliss-reactive ketones (excluding diaryl/α,β-unsaturated/α-hetero) is 1. The van der Waals surface area contributed by atoms with E-state index in [1.54, 1.807) is 0 Å². The van der Waals surface area contributed by atoms with Crippen LogP contribution in [0.1, 0.15) is 73.8 Å². The molecule has 1 amide bonds. The normalized spacial score (nSPS) is 12.1. The van der Waals surface area contributed by atoms with E-state index in [9.17, 15) is 9.59 Å². The molecule has 0 aliphatic rings. The summed E-state index contributed by atoms with van der Waals surface area (Å²) in [6.07, 6.45) is 1.13. The van der Waals surface area contributed by atoms with Gasteiger partial charge in [-0.15, -0.1) is 0 Å². The van der Waals surface area contributed by atoms with E-state index < -0.39 is 0 Å². The van der Waals surface area contributed by atoms with Gasteiger partial charge in [0.2, 0.25) is 5.91 Å². The molecule has 1 atom stereocenters. The Kier molecular flexibility index (Phi) is 8.81. The van der Waals surface area contributed by atoms with Crippen LogP contribution in [0, 0.1) is 12.8 Å². The quantitative estimate of drug-likeness (QED) is 0.328. The molecule has 0 radical (unpaired) electrons. The molecule has 1 unspecified atom stereocenters. The first kappa shape index (κ1) is 25.4. The predicted octanol–water partition coefficient (Wildman–Crippen LogP) is 7.24. The molecule has 178 valence electrons. The van der Waals surface area contributed by atoms with Crippen LogP contribution in [0.5, 0.6) is 0 Å². The topological polar surface area (TPSA) is 46.2 Å². The van der Waals surface area contributed by atoms with E-state index in [0.29, 0.717) is 12.8 Å². The van der Waals surface area contributed by atoms with Gasteiger partial charge >= 0.3 is 0 Å². The molecule has 3 aromatic carbocycles. The summed E-state index contributed by atoms with van der Waals surface area (Å²) in [5, 5.41) is 3.10. The molecule has 0 saturated heterocycles. The summed E-state index contributed by atoms with van der Waals surface area (Å²) in [6, 6.07) is 24.5. The van der Waals surface area contributed by atoms with Gasteiger partial charge in [-0.2, -0.15) is 0 Å². The van der Waals surface area contributed by atoms with Crippen LogP contribution >= 0.6 is 0 Å². The second-order valence-corrected chi connectivity index (χ2v) is 9.89. The lowest BCUT2D eigenvalue weighted by atomic mass is 9.87. The lowest BCUT2D eigenvalue weighted by Gasteiger charge is -2.21. The number of anilines is 1. The average Bonchev–Trinajstić information content (AvgIpc) is 2.80. The molecule has 3 rings (SSSR count).